The van der Waals surface area contributed by atoms with Crippen molar-refractivity contribution >= 4 is 19.4 Å². The summed E-state index contributed by atoms with van der Waals surface area (Å²) in [4.78, 5) is 0. The van der Waals surface area contributed by atoms with E-state index in [1.165, 1.54) is 17.5 Å². The molecule has 0 nitrogen and oxygen atoms in total. The van der Waals surface area contributed by atoms with Gasteiger partial charge in [0.2, 0.25) is 0 Å². The Morgan fingerprint density at radius 2 is 2.17 bits per heavy atom. The van der Waals surface area contributed by atoms with Gasteiger partial charge in [-0.1, -0.05) is 31.0 Å². The minimum absolute atomic E-state index is 0.641. The third-order valence-electron chi connectivity index (χ3n) is 2.38. The zero-order valence-electron chi connectivity index (χ0n) is 7.89. The maximum Gasteiger partial charge on any atom is 0.111 e. The summed E-state index contributed by atoms with van der Waals surface area (Å²) in [5, 5.41) is 0.833. The van der Waals surface area contributed by atoms with E-state index in [0.29, 0.717) is 5.82 Å². The molecule has 0 aliphatic carbocycles. The van der Waals surface area contributed by atoms with Crippen LogP contribution in [0.1, 0.15) is 30.3 Å². The van der Waals surface area contributed by atoms with E-state index in [1.54, 1.807) is 0 Å². The minimum atomic E-state index is 0.641. The molecule has 0 aliphatic rings. The lowest BCUT2D eigenvalue weighted by Crippen LogP contribution is -1.98. The SMILES string of the molecule is BC(CC)c1ccc(Cl)cc1C. The fourth-order valence-corrected chi connectivity index (χ4v) is 1.64. The van der Waals surface area contributed by atoms with E-state index in [1.807, 2.05) is 12.1 Å². The maximum atomic E-state index is 5.86. The molecule has 12 heavy (non-hydrogen) atoms. The van der Waals surface area contributed by atoms with Crippen LogP contribution < -0.4 is 0 Å². The average molecular weight is 180 g/mol. The molecular weight excluding hydrogens is 166 g/mol. The summed E-state index contributed by atoms with van der Waals surface area (Å²) in [7, 11) is 2.25. The molecule has 0 saturated heterocycles. The molecule has 0 radical (unpaired) electrons. The molecule has 1 atom stereocenters. The summed E-state index contributed by atoms with van der Waals surface area (Å²) < 4.78 is 0. The normalized spacial score (nSPS) is 12.9. The van der Waals surface area contributed by atoms with Gasteiger partial charge < -0.3 is 0 Å². The van der Waals surface area contributed by atoms with Crippen LogP contribution in [-0.4, -0.2) is 7.85 Å². The molecule has 0 saturated carbocycles. The van der Waals surface area contributed by atoms with Crippen molar-refractivity contribution < 1.29 is 0 Å². The predicted molar refractivity (Wildman–Crippen MR) is 57.8 cm³/mol. The summed E-state index contributed by atoms with van der Waals surface area (Å²) >= 11 is 5.86. The highest BCUT2D eigenvalue weighted by atomic mass is 35.5. The maximum absolute atomic E-state index is 5.86. The Labute approximate surface area is 80.3 Å². The molecule has 0 bridgehead atoms. The quantitative estimate of drug-likeness (QED) is 0.614. The van der Waals surface area contributed by atoms with Crippen LogP contribution in [-0.2, 0) is 0 Å². The molecule has 1 rings (SSSR count). The smallest absolute Gasteiger partial charge is 0.0843 e. The molecule has 1 aromatic rings. The molecule has 0 amide bonds. The van der Waals surface area contributed by atoms with E-state index in [9.17, 15) is 0 Å². The Morgan fingerprint density at radius 1 is 1.50 bits per heavy atom. The van der Waals surface area contributed by atoms with Crippen molar-refractivity contribution in [3.05, 3.63) is 34.3 Å². The van der Waals surface area contributed by atoms with Crippen molar-refractivity contribution in [3.8, 4) is 0 Å². The first kappa shape index (κ1) is 9.66. The first-order valence-corrected chi connectivity index (χ1v) is 4.79. The number of hydrogen-bond acceptors (Lipinski definition) is 0. The summed E-state index contributed by atoms with van der Waals surface area (Å²) in [6, 6.07) is 6.13. The number of rotatable bonds is 2. The second-order valence-electron chi connectivity index (χ2n) is 3.31. The first-order valence-electron chi connectivity index (χ1n) is 4.41. The van der Waals surface area contributed by atoms with E-state index in [0.717, 1.165) is 5.02 Å². The van der Waals surface area contributed by atoms with Gasteiger partial charge in [0, 0.05) is 5.02 Å². The van der Waals surface area contributed by atoms with Gasteiger partial charge in [0.05, 0.1) is 0 Å². The van der Waals surface area contributed by atoms with Crippen molar-refractivity contribution in [1.29, 1.82) is 0 Å². The highest BCUT2D eigenvalue weighted by molar-refractivity contribution is 6.30. The van der Waals surface area contributed by atoms with Crippen LogP contribution in [0.5, 0.6) is 0 Å². The Bertz CT molecular complexity index is 271. The highest BCUT2D eigenvalue weighted by Gasteiger charge is 2.05. The number of benzene rings is 1. The van der Waals surface area contributed by atoms with Gasteiger partial charge in [0.15, 0.2) is 0 Å². The number of hydrogen-bond donors (Lipinski definition) is 0. The van der Waals surface area contributed by atoms with Gasteiger partial charge in [-0.3, -0.25) is 0 Å². The molecule has 1 unspecified atom stereocenters. The zero-order valence-corrected chi connectivity index (χ0v) is 8.65. The average Bonchev–Trinajstić information content (AvgIpc) is 2.03. The van der Waals surface area contributed by atoms with Gasteiger partial charge >= 0.3 is 0 Å². The van der Waals surface area contributed by atoms with Crippen molar-refractivity contribution in [2.24, 2.45) is 0 Å². The molecule has 1 aromatic carbocycles. The van der Waals surface area contributed by atoms with Crippen molar-refractivity contribution in [3.63, 3.8) is 0 Å². The lowest BCUT2D eigenvalue weighted by molar-refractivity contribution is 0.874. The van der Waals surface area contributed by atoms with E-state index < -0.39 is 0 Å². The second kappa shape index (κ2) is 4.00. The Morgan fingerprint density at radius 3 is 2.67 bits per heavy atom. The van der Waals surface area contributed by atoms with Crippen LogP contribution in [0.3, 0.4) is 0 Å². The van der Waals surface area contributed by atoms with Crippen molar-refractivity contribution in [1.82, 2.24) is 0 Å². The second-order valence-corrected chi connectivity index (χ2v) is 3.75. The van der Waals surface area contributed by atoms with E-state index in [4.69, 9.17) is 11.6 Å². The molecule has 0 fully saturated rings. The molecule has 0 aromatic heterocycles. The molecular formula is C10H14BCl. The third kappa shape index (κ3) is 2.04. The minimum Gasteiger partial charge on any atom is -0.0843 e. The Hall–Kier alpha value is -0.425. The lowest BCUT2D eigenvalue weighted by atomic mass is 9.77. The largest absolute Gasteiger partial charge is 0.111 e. The molecule has 64 valence electrons. The molecule has 0 spiro atoms. The lowest BCUT2D eigenvalue weighted by Gasteiger charge is -2.12. The van der Waals surface area contributed by atoms with Crippen LogP contribution in [0.15, 0.2) is 18.2 Å². The predicted octanol–water partition coefficient (Wildman–Crippen LogP) is 2.73. The molecule has 2 heteroatoms. The van der Waals surface area contributed by atoms with Crippen LogP contribution in [0.2, 0.25) is 5.02 Å². The Balaban J connectivity index is 3.01. The summed E-state index contributed by atoms with van der Waals surface area (Å²) in [6.07, 6.45) is 1.18. The number of aryl methyl sites for hydroxylation is 1. The highest BCUT2D eigenvalue weighted by Crippen LogP contribution is 2.22. The molecule has 0 aliphatic heterocycles. The molecule has 0 N–H and O–H groups in total. The standard InChI is InChI=1S/C10H14BCl/c1-3-10(11)9-5-4-8(12)6-7(9)2/h4-6,10H,3,11H2,1-2H3. The topological polar surface area (TPSA) is 0 Å². The van der Waals surface area contributed by atoms with Crippen LogP contribution >= 0.6 is 11.6 Å². The number of halogens is 1. The van der Waals surface area contributed by atoms with Gasteiger partial charge in [0.1, 0.15) is 7.85 Å². The van der Waals surface area contributed by atoms with Crippen LogP contribution in [0.4, 0.5) is 0 Å². The summed E-state index contributed by atoms with van der Waals surface area (Å²) in [5.41, 5.74) is 2.72. The van der Waals surface area contributed by atoms with Gasteiger partial charge in [-0.15, -0.1) is 0 Å². The van der Waals surface area contributed by atoms with Gasteiger partial charge in [-0.05, 0) is 36.0 Å². The monoisotopic (exact) mass is 180 g/mol. The zero-order chi connectivity index (χ0) is 9.14. The Kier molecular flexibility index (Phi) is 3.22. The van der Waals surface area contributed by atoms with E-state index >= 15 is 0 Å². The van der Waals surface area contributed by atoms with Gasteiger partial charge in [0.25, 0.3) is 0 Å². The third-order valence-corrected chi connectivity index (χ3v) is 2.61. The van der Waals surface area contributed by atoms with Crippen molar-refractivity contribution in [2.75, 3.05) is 0 Å². The van der Waals surface area contributed by atoms with Gasteiger partial charge in [-0.2, -0.15) is 0 Å². The van der Waals surface area contributed by atoms with Gasteiger partial charge in [-0.25, -0.2) is 0 Å². The fraction of sp³-hybridized carbons (Fsp3) is 0.400. The summed E-state index contributed by atoms with van der Waals surface area (Å²) in [5.74, 6) is 0.641. The summed E-state index contributed by atoms with van der Waals surface area (Å²) in [6.45, 7) is 4.33. The first-order chi connectivity index (χ1) is 5.65. The van der Waals surface area contributed by atoms with E-state index in [-0.39, 0.29) is 0 Å². The fourth-order valence-electron chi connectivity index (χ4n) is 1.41. The molecule has 0 heterocycles. The van der Waals surface area contributed by atoms with Crippen LogP contribution in [0, 0.1) is 6.92 Å². The van der Waals surface area contributed by atoms with Crippen LogP contribution in [0.25, 0.3) is 0 Å². The van der Waals surface area contributed by atoms with Crippen molar-refractivity contribution in [2.45, 2.75) is 26.1 Å². The van der Waals surface area contributed by atoms with E-state index in [2.05, 4.69) is 27.8 Å².